The molecule has 0 unspecified atom stereocenters. The van der Waals surface area contributed by atoms with Crippen molar-refractivity contribution in [3.63, 3.8) is 0 Å². The maximum Gasteiger partial charge on any atom is 0.344 e. The van der Waals surface area contributed by atoms with Gasteiger partial charge in [0, 0.05) is 44.3 Å². The van der Waals surface area contributed by atoms with Crippen LogP contribution in [0.1, 0.15) is 20.8 Å². The summed E-state index contributed by atoms with van der Waals surface area (Å²) in [4.78, 5) is 35.8. The van der Waals surface area contributed by atoms with E-state index < -0.39 is 11.6 Å². The van der Waals surface area contributed by atoms with Crippen molar-refractivity contribution >= 4 is 45.9 Å². The zero-order chi connectivity index (χ0) is 25.2. The number of esters is 1. The summed E-state index contributed by atoms with van der Waals surface area (Å²) in [5, 5.41) is 7.69. The zero-order valence-corrected chi connectivity index (χ0v) is 21.0. The summed E-state index contributed by atoms with van der Waals surface area (Å²) >= 11 is 6.36. The first-order valence-electron chi connectivity index (χ1n) is 11.3. The number of pyridine rings is 1. The third kappa shape index (κ3) is 6.01. The van der Waals surface area contributed by atoms with Gasteiger partial charge in [-0.1, -0.05) is 11.6 Å². The van der Waals surface area contributed by atoms with E-state index in [1.165, 1.54) is 4.57 Å². The summed E-state index contributed by atoms with van der Waals surface area (Å²) < 4.78 is 12.2. The number of anilines is 3. The largest absolute Gasteiger partial charge is 0.476 e. The van der Waals surface area contributed by atoms with Crippen LogP contribution in [-0.4, -0.2) is 58.9 Å². The van der Waals surface area contributed by atoms with Gasteiger partial charge in [-0.2, -0.15) is 4.98 Å². The summed E-state index contributed by atoms with van der Waals surface area (Å²) in [6.07, 6.45) is 1.58. The molecule has 35 heavy (non-hydrogen) atoms. The first-order valence-corrected chi connectivity index (χ1v) is 11.7. The van der Waals surface area contributed by atoms with Crippen molar-refractivity contribution in [3.8, 4) is 5.75 Å². The van der Waals surface area contributed by atoms with E-state index in [1.807, 2.05) is 18.2 Å². The molecule has 0 atom stereocenters. The Labute approximate surface area is 208 Å². The molecule has 1 saturated heterocycles. The Bertz CT molecular complexity index is 1300. The van der Waals surface area contributed by atoms with Gasteiger partial charge in [-0.3, -0.25) is 4.79 Å². The highest BCUT2D eigenvalue weighted by atomic mass is 35.5. The molecule has 1 fully saturated rings. The maximum absolute atomic E-state index is 12.7. The fourth-order valence-corrected chi connectivity index (χ4v) is 3.88. The highest BCUT2D eigenvalue weighted by molar-refractivity contribution is 6.32. The first-order chi connectivity index (χ1) is 16.6. The van der Waals surface area contributed by atoms with Crippen molar-refractivity contribution in [1.82, 2.24) is 19.9 Å². The number of carbonyl (C=O) groups is 1. The number of piperazine rings is 1. The molecular formula is C24H29ClN6O4. The molecular weight excluding hydrogens is 472 g/mol. The number of halogens is 1. The topological polar surface area (TPSA) is 111 Å². The average Bonchev–Trinajstić information content (AvgIpc) is 2.81. The Morgan fingerprint density at radius 1 is 1.23 bits per heavy atom. The van der Waals surface area contributed by atoms with Gasteiger partial charge in [0.15, 0.2) is 18.2 Å². The third-order valence-electron chi connectivity index (χ3n) is 5.35. The Morgan fingerprint density at radius 2 is 1.97 bits per heavy atom. The van der Waals surface area contributed by atoms with Gasteiger partial charge < -0.3 is 29.6 Å². The predicted molar refractivity (Wildman–Crippen MR) is 136 cm³/mol. The lowest BCUT2D eigenvalue weighted by molar-refractivity contribution is -0.157. The van der Waals surface area contributed by atoms with E-state index in [0.717, 1.165) is 37.3 Å². The van der Waals surface area contributed by atoms with Crippen molar-refractivity contribution in [2.75, 3.05) is 43.0 Å². The van der Waals surface area contributed by atoms with Crippen LogP contribution in [0.4, 0.5) is 17.5 Å². The van der Waals surface area contributed by atoms with Crippen LogP contribution in [0.25, 0.3) is 10.9 Å². The van der Waals surface area contributed by atoms with E-state index in [4.69, 9.17) is 21.1 Å². The van der Waals surface area contributed by atoms with Crippen molar-refractivity contribution in [1.29, 1.82) is 0 Å². The van der Waals surface area contributed by atoms with Gasteiger partial charge in [0.05, 0.1) is 11.7 Å². The van der Waals surface area contributed by atoms with E-state index in [-0.39, 0.29) is 17.9 Å². The molecule has 1 aliphatic rings. The summed E-state index contributed by atoms with van der Waals surface area (Å²) in [5.74, 6) is 0.609. The molecule has 1 aromatic carbocycles. The van der Waals surface area contributed by atoms with Gasteiger partial charge in [0.2, 0.25) is 5.95 Å². The van der Waals surface area contributed by atoms with E-state index in [0.29, 0.717) is 22.3 Å². The highest BCUT2D eigenvalue weighted by Crippen LogP contribution is 2.27. The molecule has 0 spiro atoms. The van der Waals surface area contributed by atoms with Crippen LogP contribution in [0, 0.1) is 0 Å². The van der Waals surface area contributed by atoms with Crippen LogP contribution in [0.5, 0.6) is 5.75 Å². The van der Waals surface area contributed by atoms with Gasteiger partial charge in [-0.25, -0.2) is 9.78 Å². The van der Waals surface area contributed by atoms with E-state index in [2.05, 4.69) is 25.5 Å². The normalized spacial score (nSPS) is 14.1. The number of carbonyl (C=O) groups excluding carboxylic acids is 1. The number of aryl methyl sites for hydroxylation is 1. The number of nitrogens with one attached hydrogen (secondary N) is 2. The number of rotatable bonds is 6. The molecule has 0 saturated carbocycles. The Hall–Kier alpha value is -3.37. The number of nitrogens with zero attached hydrogens (tertiary/aromatic N) is 4. The van der Waals surface area contributed by atoms with E-state index in [9.17, 15) is 9.59 Å². The Kier molecular flexibility index (Phi) is 7.13. The monoisotopic (exact) mass is 500 g/mol. The van der Waals surface area contributed by atoms with Gasteiger partial charge in [-0.15, -0.1) is 0 Å². The average molecular weight is 501 g/mol. The number of aromatic nitrogens is 3. The lowest BCUT2D eigenvalue weighted by Gasteiger charge is -2.27. The zero-order valence-electron chi connectivity index (χ0n) is 20.2. The fraction of sp³-hybridized carbons (Fsp3) is 0.417. The third-order valence-corrected chi connectivity index (χ3v) is 5.63. The Morgan fingerprint density at radius 3 is 2.69 bits per heavy atom. The summed E-state index contributed by atoms with van der Waals surface area (Å²) in [5.41, 5.74) is 0.449. The molecule has 0 aliphatic carbocycles. The second kappa shape index (κ2) is 10.1. The van der Waals surface area contributed by atoms with Crippen molar-refractivity contribution in [2.24, 2.45) is 7.05 Å². The van der Waals surface area contributed by atoms with Crippen LogP contribution in [0.3, 0.4) is 0 Å². The van der Waals surface area contributed by atoms with Crippen LogP contribution < -0.4 is 25.8 Å². The summed E-state index contributed by atoms with van der Waals surface area (Å²) in [6.45, 7) is 8.32. The van der Waals surface area contributed by atoms with Crippen molar-refractivity contribution in [2.45, 2.75) is 26.4 Å². The van der Waals surface area contributed by atoms with Gasteiger partial charge in [0.25, 0.3) is 5.56 Å². The second-order valence-corrected chi connectivity index (χ2v) is 9.66. The minimum Gasteiger partial charge on any atom is -0.476 e. The van der Waals surface area contributed by atoms with Crippen molar-refractivity contribution < 1.29 is 14.3 Å². The lowest BCUT2D eigenvalue weighted by Crippen LogP contribution is -2.44. The molecule has 1 aliphatic heterocycles. The van der Waals surface area contributed by atoms with Gasteiger partial charge in [-0.05, 0) is 45.0 Å². The number of benzene rings is 1. The van der Waals surface area contributed by atoms with Gasteiger partial charge in [0.1, 0.15) is 10.6 Å². The summed E-state index contributed by atoms with van der Waals surface area (Å²) in [6, 6.07) is 7.13. The SMILES string of the molecule is Cn1c(=O)c(OCC(=O)OC(C)(C)C)cc2cc(Nc3nc(N4CCNCC4)ncc3Cl)ccc21. The minimum atomic E-state index is -0.637. The molecule has 11 heteroatoms. The number of ether oxygens (including phenoxy) is 2. The summed E-state index contributed by atoms with van der Waals surface area (Å²) in [7, 11) is 1.65. The molecule has 3 aromatic rings. The smallest absolute Gasteiger partial charge is 0.344 e. The fourth-order valence-electron chi connectivity index (χ4n) is 3.74. The quantitative estimate of drug-likeness (QED) is 0.493. The predicted octanol–water partition coefficient (Wildman–Crippen LogP) is 2.86. The molecule has 0 radical (unpaired) electrons. The van der Waals surface area contributed by atoms with Gasteiger partial charge >= 0.3 is 5.97 Å². The van der Waals surface area contributed by atoms with Crippen LogP contribution in [0.15, 0.2) is 35.3 Å². The van der Waals surface area contributed by atoms with E-state index in [1.54, 1.807) is 40.1 Å². The molecule has 186 valence electrons. The molecule has 3 heterocycles. The molecule has 0 bridgehead atoms. The van der Waals surface area contributed by atoms with Crippen LogP contribution >= 0.6 is 11.6 Å². The standard InChI is InChI=1S/C24H29ClN6O4/c1-24(2,3)35-20(32)14-34-19-12-15-11-16(5-6-18(15)30(4)22(19)33)28-21-17(25)13-27-23(29-21)31-9-7-26-8-10-31/h5-6,11-13,26H,7-10,14H2,1-4H3,(H,27,28,29). The molecule has 10 nitrogen and oxygen atoms in total. The highest BCUT2D eigenvalue weighted by Gasteiger charge is 2.18. The van der Waals surface area contributed by atoms with Crippen LogP contribution in [0.2, 0.25) is 5.02 Å². The second-order valence-electron chi connectivity index (χ2n) is 9.25. The molecule has 4 rings (SSSR count). The Balaban J connectivity index is 1.58. The lowest BCUT2D eigenvalue weighted by atomic mass is 10.2. The number of fused-ring (bicyclic) bond motifs is 1. The van der Waals surface area contributed by atoms with E-state index >= 15 is 0 Å². The van der Waals surface area contributed by atoms with Crippen LogP contribution in [-0.2, 0) is 16.6 Å². The molecule has 0 amide bonds. The number of hydrogen-bond acceptors (Lipinski definition) is 9. The maximum atomic E-state index is 12.7. The first kappa shape index (κ1) is 24.7. The minimum absolute atomic E-state index is 0.0593. The number of hydrogen-bond donors (Lipinski definition) is 2. The molecule has 2 N–H and O–H groups in total. The molecule has 2 aromatic heterocycles. The van der Waals surface area contributed by atoms with Crippen molar-refractivity contribution in [3.05, 3.63) is 45.8 Å².